The van der Waals surface area contributed by atoms with Crippen LogP contribution in [0, 0.1) is 0 Å². The number of thiophene rings is 1. The van der Waals surface area contributed by atoms with Gasteiger partial charge in [-0.05, 0) is 17.9 Å². The molecule has 146 valence electrons. The third kappa shape index (κ3) is 4.99. The van der Waals surface area contributed by atoms with Crippen molar-refractivity contribution in [2.45, 2.75) is 30.6 Å². The van der Waals surface area contributed by atoms with Gasteiger partial charge in [-0.25, -0.2) is 8.42 Å². The molecule has 1 saturated heterocycles. The molecule has 1 aliphatic heterocycles. The average Bonchev–Trinajstić information content (AvgIpc) is 3.34. The minimum atomic E-state index is -3.00. The van der Waals surface area contributed by atoms with Crippen molar-refractivity contribution in [1.82, 2.24) is 19.7 Å². The Morgan fingerprint density at radius 3 is 2.96 bits per heavy atom. The smallest absolute Gasteiger partial charge is 0.233 e. The molecule has 1 amide bonds. The van der Waals surface area contributed by atoms with Gasteiger partial charge in [-0.3, -0.25) is 4.79 Å². The molecule has 0 unspecified atom stereocenters. The van der Waals surface area contributed by atoms with Crippen LogP contribution in [0.5, 0.6) is 0 Å². The molecule has 2 aromatic heterocycles. The van der Waals surface area contributed by atoms with Gasteiger partial charge >= 0.3 is 0 Å². The predicted molar refractivity (Wildman–Crippen MR) is 108 cm³/mol. The van der Waals surface area contributed by atoms with Gasteiger partial charge in [0, 0.05) is 24.4 Å². The Labute approximate surface area is 167 Å². The Kier molecular flexibility index (Phi) is 6.38. The van der Waals surface area contributed by atoms with Gasteiger partial charge in [0.2, 0.25) is 5.91 Å². The number of carbonyl (C=O) groups is 1. The highest BCUT2D eigenvalue weighted by Crippen LogP contribution is 2.30. The topological polar surface area (TPSA) is 85.2 Å². The van der Waals surface area contributed by atoms with Gasteiger partial charge in [0.15, 0.2) is 15.0 Å². The van der Waals surface area contributed by atoms with Crippen LogP contribution in [0.25, 0.3) is 0 Å². The first-order chi connectivity index (χ1) is 12.9. The van der Waals surface area contributed by atoms with E-state index in [4.69, 9.17) is 0 Å². The number of thioether (sulfide) groups is 1. The van der Waals surface area contributed by atoms with Crippen LogP contribution in [0.2, 0.25) is 0 Å². The van der Waals surface area contributed by atoms with Gasteiger partial charge in [-0.15, -0.1) is 28.1 Å². The molecular formula is C17H22N4O3S3. The van der Waals surface area contributed by atoms with E-state index >= 15 is 0 Å². The van der Waals surface area contributed by atoms with Gasteiger partial charge in [-0.1, -0.05) is 23.9 Å². The molecule has 7 nitrogen and oxygen atoms in total. The van der Waals surface area contributed by atoms with E-state index in [2.05, 4.69) is 16.8 Å². The fourth-order valence-electron chi connectivity index (χ4n) is 2.97. The summed E-state index contributed by atoms with van der Waals surface area (Å²) in [6, 6.07) is 3.97. The second-order valence-electron chi connectivity index (χ2n) is 6.46. The van der Waals surface area contributed by atoms with Crippen molar-refractivity contribution >= 4 is 38.8 Å². The van der Waals surface area contributed by atoms with Gasteiger partial charge < -0.3 is 9.47 Å². The minimum Gasteiger partial charge on any atom is -0.340 e. The highest BCUT2D eigenvalue weighted by Gasteiger charge is 2.33. The molecule has 0 saturated carbocycles. The van der Waals surface area contributed by atoms with Crippen molar-refractivity contribution in [2.24, 2.45) is 0 Å². The number of amides is 1. The van der Waals surface area contributed by atoms with Gasteiger partial charge in [-0.2, -0.15) is 0 Å². The molecule has 10 heteroatoms. The molecule has 3 rings (SSSR count). The lowest BCUT2D eigenvalue weighted by atomic mass is 10.1. The Morgan fingerprint density at radius 1 is 1.52 bits per heavy atom. The van der Waals surface area contributed by atoms with Crippen molar-refractivity contribution in [1.29, 1.82) is 0 Å². The normalized spacial score (nSPS) is 18.5. The average molecular weight is 427 g/mol. The molecule has 1 aliphatic rings. The summed E-state index contributed by atoms with van der Waals surface area (Å²) in [5.41, 5.74) is 0. The van der Waals surface area contributed by atoms with Gasteiger partial charge in [0.1, 0.15) is 5.82 Å². The first-order valence-electron chi connectivity index (χ1n) is 8.53. The zero-order chi connectivity index (χ0) is 19.4. The van der Waals surface area contributed by atoms with Gasteiger partial charge in [0.05, 0.1) is 23.8 Å². The van der Waals surface area contributed by atoms with E-state index in [0.717, 1.165) is 4.88 Å². The van der Waals surface area contributed by atoms with Crippen molar-refractivity contribution < 1.29 is 13.2 Å². The third-order valence-corrected chi connectivity index (χ3v) is 7.96. The molecule has 0 N–H and O–H groups in total. The maximum Gasteiger partial charge on any atom is 0.233 e. The fraction of sp³-hybridized carbons (Fsp3) is 0.471. The van der Waals surface area contributed by atoms with E-state index in [1.807, 2.05) is 22.1 Å². The molecule has 2 aromatic rings. The fourth-order valence-corrected chi connectivity index (χ4v) is 6.36. The Hall–Kier alpha value is -1.65. The maximum atomic E-state index is 12.4. The van der Waals surface area contributed by atoms with E-state index in [0.29, 0.717) is 30.5 Å². The van der Waals surface area contributed by atoms with Crippen LogP contribution < -0.4 is 0 Å². The highest BCUT2D eigenvalue weighted by atomic mass is 32.2. The van der Waals surface area contributed by atoms with Crippen LogP contribution >= 0.6 is 23.1 Å². The zero-order valence-corrected chi connectivity index (χ0v) is 17.5. The number of carbonyl (C=O) groups excluding carboxylic acids is 1. The number of allylic oxidation sites excluding steroid dienone is 1. The lowest BCUT2D eigenvalue weighted by Crippen LogP contribution is -2.27. The number of sulfone groups is 1. The molecule has 0 spiro atoms. The lowest BCUT2D eigenvalue weighted by Gasteiger charge is -2.16. The first kappa shape index (κ1) is 20.1. The summed E-state index contributed by atoms with van der Waals surface area (Å²) >= 11 is 2.94. The second-order valence-corrected chi connectivity index (χ2v) is 10.7. The Morgan fingerprint density at radius 2 is 2.33 bits per heavy atom. The minimum absolute atomic E-state index is 0.00606. The largest absolute Gasteiger partial charge is 0.340 e. The van der Waals surface area contributed by atoms with E-state index in [1.165, 1.54) is 11.8 Å². The molecule has 0 bridgehead atoms. The summed E-state index contributed by atoms with van der Waals surface area (Å²) in [5.74, 6) is 1.07. The number of hydrogen-bond acceptors (Lipinski definition) is 7. The predicted octanol–water partition coefficient (Wildman–Crippen LogP) is 2.18. The maximum absolute atomic E-state index is 12.4. The SMILES string of the molecule is C=CCn1c(SCC(=O)N(C)Cc2cccs2)nnc1[C@@H]1CCS(=O)(=O)C1. The lowest BCUT2D eigenvalue weighted by molar-refractivity contribution is -0.127. The second kappa shape index (κ2) is 8.57. The van der Waals surface area contributed by atoms with Crippen LogP contribution in [0.3, 0.4) is 0 Å². The van der Waals surface area contributed by atoms with E-state index in [-0.39, 0.29) is 29.1 Å². The Balaban J connectivity index is 1.66. The molecule has 1 fully saturated rings. The number of hydrogen-bond donors (Lipinski definition) is 0. The van der Waals surface area contributed by atoms with Gasteiger partial charge in [0.25, 0.3) is 0 Å². The molecule has 0 aromatic carbocycles. The van der Waals surface area contributed by atoms with Crippen LogP contribution in [0.15, 0.2) is 35.3 Å². The summed E-state index contributed by atoms with van der Waals surface area (Å²) < 4.78 is 25.4. The van der Waals surface area contributed by atoms with E-state index in [9.17, 15) is 13.2 Å². The zero-order valence-electron chi connectivity index (χ0n) is 15.1. The van der Waals surface area contributed by atoms with Crippen molar-refractivity contribution in [3.63, 3.8) is 0 Å². The van der Waals surface area contributed by atoms with Crippen molar-refractivity contribution in [2.75, 3.05) is 24.3 Å². The standard InChI is InChI=1S/C17H22N4O3S3/c1-3-7-21-16(13-6-9-27(23,24)12-13)18-19-17(21)26-11-15(22)20(2)10-14-5-4-8-25-14/h3-5,8,13H,1,6-7,9-12H2,2H3/t13-/m1/s1. The van der Waals surface area contributed by atoms with Crippen molar-refractivity contribution in [3.8, 4) is 0 Å². The van der Waals surface area contributed by atoms with Crippen molar-refractivity contribution in [3.05, 3.63) is 40.9 Å². The Bertz CT molecular complexity index is 906. The monoisotopic (exact) mass is 426 g/mol. The van der Waals surface area contributed by atoms with Crippen LogP contribution in [0.4, 0.5) is 0 Å². The highest BCUT2D eigenvalue weighted by molar-refractivity contribution is 7.99. The summed E-state index contributed by atoms with van der Waals surface area (Å²) in [5, 5.41) is 11.0. The summed E-state index contributed by atoms with van der Waals surface area (Å²) in [7, 11) is -1.22. The summed E-state index contributed by atoms with van der Waals surface area (Å²) in [6.07, 6.45) is 2.29. The van der Waals surface area contributed by atoms with Crippen LogP contribution in [-0.2, 0) is 27.7 Å². The molecule has 0 radical (unpaired) electrons. The molecule has 27 heavy (non-hydrogen) atoms. The third-order valence-electron chi connectivity index (χ3n) is 4.38. The van der Waals surface area contributed by atoms with Crippen LogP contribution in [-0.4, -0.2) is 58.3 Å². The van der Waals surface area contributed by atoms with Crippen LogP contribution in [0.1, 0.15) is 23.0 Å². The molecular weight excluding hydrogens is 404 g/mol. The number of aromatic nitrogens is 3. The van der Waals surface area contributed by atoms with E-state index in [1.54, 1.807) is 29.4 Å². The summed E-state index contributed by atoms with van der Waals surface area (Å²) in [4.78, 5) is 15.2. The quantitative estimate of drug-likeness (QED) is 0.475. The van der Waals surface area contributed by atoms with E-state index < -0.39 is 9.84 Å². The summed E-state index contributed by atoms with van der Waals surface area (Å²) in [6.45, 7) is 4.83. The molecule has 3 heterocycles. The number of nitrogens with zero attached hydrogens (tertiary/aromatic N) is 4. The number of rotatable bonds is 8. The molecule has 0 aliphatic carbocycles. The molecule has 1 atom stereocenters. The first-order valence-corrected chi connectivity index (χ1v) is 12.2.